The molecule has 10 heteroatoms. The summed E-state index contributed by atoms with van der Waals surface area (Å²) in [6.45, 7) is 4.34. The van der Waals surface area contributed by atoms with Crippen LogP contribution in [-0.4, -0.2) is 76.9 Å². The number of esters is 1. The van der Waals surface area contributed by atoms with Crippen molar-refractivity contribution in [3.8, 4) is 5.69 Å². The first kappa shape index (κ1) is 21.8. The fourth-order valence-corrected chi connectivity index (χ4v) is 3.56. The first-order chi connectivity index (χ1) is 14.6. The molecular weight excluding hydrogens is 408 g/mol. The molecule has 0 radical (unpaired) electrons. The molecule has 3 rings (SSSR count). The van der Waals surface area contributed by atoms with Gasteiger partial charge in [-0.1, -0.05) is 6.07 Å². The largest absolute Gasteiger partial charge is 0.461 e. The topological polar surface area (TPSA) is 103 Å². The van der Waals surface area contributed by atoms with E-state index in [1.165, 1.54) is 16.4 Å². The van der Waals surface area contributed by atoms with Gasteiger partial charge in [0.2, 0.25) is 11.8 Å². The lowest BCUT2D eigenvalue weighted by Crippen LogP contribution is -2.41. The lowest BCUT2D eigenvalue weighted by atomic mass is 10.3. The van der Waals surface area contributed by atoms with E-state index in [4.69, 9.17) is 9.47 Å². The van der Waals surface area contributed by atoms with Crippen LogP contribution in [0.4, 0.5) is 5.69 Å². The minimum Gasteiger partial charge on any atom is -0.461 e. The fourth-order valence-electron chi connectivity index (χ4n) is 2.84. The number of nitrogens with zero attached hydrogens (tertiary/aromatic N) is 3. The lowest BCUT2D eigenvalue weighted by molar-refractivity contribution is -0.132. The number of thioether (sulfide) groups is 1. The van der Waals surface area contributed by atoms with Gasteiger partial charge < -0.3 is 19.7 Å². The maximum Gasteiger partial charge on any atom is 0.358 e. The molecule has 1 aliphatic rings. The summed E-state index contributed by atoms with van der Waals surface area (Å²) in [4.78, 5) is 37.8. The zero-order valence-electron chi connectivity index (χ0n) is 16.7. The van der Waals surface area contributed by atoms with E-state index in [1.807, 2.05) is 6.07 Å². The summed E-state index contributed by atoms with van der Waals surface area (Å²) in [5, 5.41) is 7.02. The molecule has 2 heterocycles. The van der Waals surface area contributed by atoms with E-state index in [0.29, 0.717) is 37.7 Å². The van der Waals surface area contributed by atoms with E-state index >= 15 is 0 Å². The number of carbonyl (C=O) groups is 3. The summed E-state index contributed by atoms with van der Waals surface area (Å²) in [6.07, 6.45) is 1.65. The summed E-state index contributed by atoms with van der Waals surface area (Å²) >= 11 is 1.28. The van der Waals surface area contributed by atoms with Crippen molar-refractivity contribution in [1.82, 2.24) is 14.7 Å². The Balaban J connectivity index is 1.50. The Labute approximate surface area is 178 Å². The van der Waals surface area contributed by atoms with Gasteiger partial charge in [-0.15, -0.1) is 11.8 Å². The molecule has 0 bridgehead atoms. The minimum absolute atomic E-state index is 0.0224. The molecule has 2 aromatic rings. The molecule has 0 aliphatic carbocycles. The second-order valence-electron chi connectivity index (χ2n) is 6.45. The highest BCUT2D eigenvalue weighted by Gasteiger charge is 2.17. The number of hydrogen-bond donors (Lipinski definition) is 1. The van der Waals surface area contributed by atoms with E-state index < -0.39 is 5.97 Å². The summed E-state index contributed by atoms with van der Waals surface area (Å²) in [5.41, 5.74) is 1.51. The van der Waals surface area contributed by atoms with Crippen molar-refractivity contribution < 1.29 is 23.9 Å². The Morgan fingerprint density at radius 1 is 1.20 bits per heavy atom. The summed E-state index contributed by atoms with van der Waals surface area (Å²) < 4.78 is 11.7. The highest BCUT2D eigenvalue weighted by molar-refractivity contribution is 8.00. The quantitative estimate of drug-likeness (QED) is 0.632. The Hall–Kier alpha value is -2.85. The minimum atomic E-state index is -0.482. The summed E-state index contributed by atoms with van der Waals surface area (Å²) in [5.74, 6) is -0.218. The molecule has 30 heavy (non-hydrogen) atoms. The van der Waals surface area contributed by atoms with E-state index in [-0.39, 0.29) is 35.6 Å². The van der Waals surface area contributed by atoms with Crippen molar-refractivity contribution in [3.63, 3.8) is 0 Å². The summed E-state index contributed by atoms with van der Waals surface area (Å²) in [6, 6.07) is 8.69. The SMILES string of the molecule is CCOC(=O)c1ccn(-c2cccc(NC(=O)CSCC(=O)N3CCOCC3)c2)n1. The van der Waals surface area contributed by atoms with Gasteiger partial charge in [-0.3, -0.25) is 9.59 Å². The Bertz CT molecular complexity index is 895. The van der Waals surface area contributed by atoms with Gasteiger partial charge in [0.05, 0.1) is 37.0 Å². The number of amides is 2. The predicted octanol–water partition coefficient (Wildman–Crippen LogP) is 1.58. The molecule has 0 spiro atoms. The zero-order chi connectivity index (χ0) is 21.3. The number of anilines is 1. The number of hydrogen-bond acceptors (Lipinski definition) is 7. The first-order valence-corrected chi connectivity index (χ1v) is 10.8. The Kier molecular flexibility index (Phi) is 7.86. The maximum absolute atomic E-state index is 12.2. The van der Waals surface area contributed by atoms with Crippen LogP contribution in [0.3, 0.4) is 0 Å². The number of morpholine rings is 1. The molecule has 1 aliphatic heterocycles. The standard InChI is InChI=1S/C20H24N4O5S/c1-2-29-20(27)17-6-7-24(22-17)16-5-3-4-15(12-16)21-18(25)13-30-14-19(26)23-8-10-28-11-9-23/h3-7,12H,2,8-11,13-14H2,1H3,(H,21,25). The van der Waals surface area contributed by atoms with Gasteiger partial charge in [-0.25, -0.2) is 9.48 Å². The number of rotatable bonds is 8. The van der Waals surface area contributed by atoms with Crippen LogP contribution in [-0.2, 0) is 19.1 Å². The highest BCUT2D eigenvalue weighted by Crippen LogP contribution is 2.16. The zero-order valence-corrected chi connectivity index (χ0v) is 17.5. The van der Waals surface area contributed by atoms with E-state index in [2.05, 4.69) is 10.4 Å². The van der Waals surface area contributed by atoms with Crippen LogP contribution in [0.2, 0.25) is 0 Å². The van der Waals surface area contributed by atoms with Gasteiger partial charge in [0, 0.05) is 25.0 Å². The van der Waals surface area contributed by atoms with Gasteiger partial charge in [0.1, 0.15) is 0 Å². The Morgan fingerprint density at radius 3 is 2.77 bits per heavy atom. The van der Waals surface area contributed by atoms with Gasteiger partial charge >= 0.3 is 5.97 Å². The first-order valence-electron chi connectivity index (χ1n) is 9.63. The molecule has 1 saturated heterocycles. The van der Waals surface area contributed by atoms with Crippen LogP contribution < -0.4 is 5.32 Å². The maximum atomic E-state index is 12.2. The molecule has 0 saturated carbocycles. The van der Waals surface area contributed by atoms with E-state index in [1.54, 1.807) is 42.3 Å². The third-order valence-corrected chi connectivity index (χ3v) is 5.21. The predicted molar refractivity (Wildman–Crippen MR) is 113 cm³/mol. The van der Waals surface area contributed by atoms with E-state index in [9.17, 15) is 14.4 Å². The van der Waals surface area contributed by atoms with Crippen molar-refractivity contribution in [2.45, 2.75) is 6.92 Å². The van der Waals surface area contributed by atoms with Gasteiger partial charge in [0.15, 0.2) is 5.69 Å². The van der Waals surface area contributed by atoms with Crippen molar-refractivity contribution in [3.05, 3.63) is 42.2 Å². The molecule has 1 aromatic heterocycles. The normalized spacial score (nSPS) is 13.7. The third kappa shape index (κ3) is 6.07. The molecule has 160 valence electrons. The summed E-state index contributed by atoms with van der Waals surface area (Å²) in [7, 11) is 0. The number of aromatic nitrogens is 2. The average molecular weight is 433 g/mol. The van der Waals surface area contributed by atoms with Crippen LogP contribution >= 0.6 is 11.8 Å². The molecule has 0 unspecified atom stereocenters. The molecule has 1 N–H and O–H groups in total. The monoisotopic (exact) mass is 432 g/mol. The number of benzene rings is 1. The molecule has 1 aromatic carbocycles. The van der Waals surface area contributed by atoms with Crippen LogP contribution in [0.1, 0.15) is 17.4 Å². The van der Waals surface area contributed by atoms with Gasteiger partial charge in [-0.2, -0.15) is 5.10 Å². The van der Waals surface area contributed by atoms with Crippen molar-refractivity contribution >= 4 is 35.2 Å². The molecule has 1 fully saturated rings. The van der Waals surface area contributed by atoms with Crippen LogP contribution in [0.15, 0.2) is 36.5 Å². The molecular formula is C20H24N4O5S. The van der Waals surface area contributed by atoms with Crippen LogP contribution in [0, 0.1) is 0 Å². The second-order valence-corrected chi connectivity index (χ2v) is 7.44. The second kappa shape index (κ2) is 10.8. The van der Waals surface area contributed by atoms with Crippen molar-refractivity contribution in [2.75, 3.05) is 49.7 Å². The Morgan fingerprint density at radius 2 is 2.00 bits per heavy atom. The number of carbonyl (C=O) groups excluding carboxylic acids is 3. The number of ether oxygens (including phenoxy) is 2. The highest BCUT2D eigenvalue weighted by atomic mass is 32.2. The van der Waals surface area contributed by atoms with Crippen LogP contribution in [0.25, 0.3) is 5.69 Å². The van der Waals surface area contributed by atoms with E-state index in [0.717, 1.165) is 0 Å². The number of nitrogens with one attached hydrogen (secondary N) is 1. The molecule has 2 amide bonds. The molecule has 0 atom stereocenters. The van der Waals surface area contributed by atoms with Crippen LogP contribution in [0.5, 0.6) is 0 Å². The van der Waals surface area contributed by atoms with Crippen molar-refractivity contribution in [1.29, 1.82) is 0 Å². The van der Waals surface area contributed by atoms with Gasteiger partial charge in [-0.05, 0) is 31.2 Å². The van der Waals surface area contributed by atoms with Gasteiger partial charge in [0.25, 0.3) is 0 Å². The smallest absolute Gasteiger partial charge is 0.358 e. The third-order valence-electron chi connectivity index (χ3n) is 4.29. The molecule has 9 nitrogen and oxygen atoms in total. The van der Waals surface area contributed by atoms with Crippen molar-refractivity contribution in [2.24, 2.45) is 0 Å². The fraction of sp³-hybridized carbons (Fsp3) is 0.400. The average Bonchev–Trinajstić information content (AvgIpc) is 3.25. The lowest BCUT2D eigenvalue weighted by Gasteiger charge is -2.26.